The van der Waals surface area contributed by atoms with Crippen LogP contribution in [0.3, 0.4) is 0 Å². The van der Waals surface area contributed by atoms with Gasteiger partial charge in [-0.2, -0.15) is 5.10 Å². The Morgan fingerprint density at radius 3 is 2.44 bits per heavy atom. The van der Waals surface area contributed by atoms with Gasteiger partial charge in [-0.05, 0) is 60.2 Å². The monoisotopic (exact) mass is 454 g/mol. The summed E-state index contributed by atoms with van der Waals surface area (Å²) in [4.78, 5) is 25.1. The molecular weight excluding hydrogens is 432 g/mol. The summed E-state index contributed by atoms with van der Waals surface area (Å²) < 4.78 is 11.1. The highest BCUT2D eigenvalue weighted by Crippen LogP contribution is 2.28. The van der Waals surface area contributed by atoms with Crippen LogP contribution in [0.15, 0.2) is 90.0 Å². The summed E-state index contributed by atoms with van der Waals surface area (Å²) in [6.45, 7) is 2.42. The number of benzene rings is 4. The third kappa shape index (κ3) is 5.05. The molecule has 0 aliphatic carbocycles. The third-order valence-electron chi connectivity index (χ3n) is 5.04. The van der Waals surface area contributed by atoms with E-state index in [1.807, 2.05) is 37.3 Å². The average molecular weight is 454 g/mol. The number of carbonyl (C=O) groups is 2. The van der Waals surface area contributed by atoms with Crippen molar-refractivity contribution >= 4 is 28.9 Å². The fraction of sp³-hybridized carbons (Fsp3) is 0.0741. The van der Waals surface area contributed by atoms with Crippen LogP contribution in [0.25, 0.3) is 10.8 Å². The topological polar surface area (TPSA) is 97.2 Å². The molecule has 170 valence electrons. The maximum atomic E-state index is 12.8. The predicted octanol–water partition coefficient (Wildman–Crippen LogP) is 4.93. The first-order chi connectivity index (χ1) is 16.6. The number of fused-ring (bicyclic) bond motifs is 1. The Hall–Kier alpha value is -4.65. The average Bonchev–Trinajstić information content (AvgIpc) is 2.86. The first-order valence-electron chi connectivity index (χ1n) is 10.6. The number of esters is 1. The summed E-state index contributed by atoms with van der Waals surface area (Å²) in [6, 6.07) is 23.9. The van der Waals surface area contributed by atoms with E-state index in [-0.39, 0.29) is 17.1 Å². The lowest BCUT2D eigenvalue weighted by Gasteiger charge is -2.11. The van der Waals surface area contributed by atoms with Gasteiger partial charge in [0.25, 0.3) is 5.91 Å². The van der Waals surface area contributed by atoms with Crippen molar-refractivity contribution in [3.63, 3.8) is 0 Å². The van der Waals surface area contributed by atoms with Gasteiger partial charge in [0.2, 0.25) is 0 Å². The van der Waals surface area contributed by atoms with Gasteiger partial charge < -0.3 is 14.6 Å². The number of rotatable bonds is 7. The van der Waals surface area contributed by atoms with Crippen LogP contribution in [-0.2, 0) is 0 Å². The Labute approximate surface area is 196 Å². The molecule has 0 unspecified atom stereocenters. The van der Waals surface area contributed by atoms with Crippen LogP contribution in [0.1, 0.15) is 33.2 Å². The molecule has 0 aliphatic rings. The minimum Gasteiger partial charge on any atom is -0.507 e. The van der Waals surface area contributed by atoms with Gasteiger partial charge in [-0.3, -0.25) is 4.79 Å². The van der Waals surface area contributed by atoms with Gasteiger partial charge in [0.1, 0.15) is 17.2 Å². The van der Waals surface area contributed by atoms with Crippen molar-refractivity contribution in [2.24, 2.45) is 5.10 Å². The van der Waals surface area contributed by atoms with Crippen LogP contribution >= 0.6 is 0 Å². The highest BCUT2D eigenvalue weighted by molar-refractivity contribution is 6.04. The molecule has 0 bridgehead atoms. The smallest absolute Gasteiger partial charge is 0.343 e. The second-order valence-corrected chi connectivity index (χ2v) is 7.26. The molecule has 0 heterocycles. The van der Waals surface area contributed by atoms with E-state index in [2.05, 4.69) is 10.5 Å². The van der Waals surface area contributed by atoms with Crippen LogP contribution in [0.4, 0.5) is 0 Å². The van der Waals surface area contributed by atoms with Gasteiger partial charge in [-0.1, -0.05) is 42.5 Å². The molecule has 0 atom stereocenters. The van der Waals surface area contributed by atoms with E-state index >= 15 is 0 Å². The molecule has 1 amide bonds. The zero-order valence-corrected chi connectivity index (χ0v) is 18.4. The van der Waals surface area contributed by atoms with Crippen molar-refractivity contribution in [1.82, 2.24) is 5.43 Å². The molecule has 4 rings (SSSR count). The van der Waals surface area contributed by atoms with Crippen molar-refractivity contribution in [1.29, 1.82) is 0 Å². The summed E-state index contributed by atoms with van der Waals surface area (Å²) in [5.41, 5.74) is 3.39. The van der Waals surface area contributed by atoms with E-state index in [0.29, 0.717) is 23.5 Å². The highest BCUT2D eigenvalue weighted by atomic mass is 16.5. The molecule has 0 aliphatic heterocycles. The van der Waals surface area contributed by atoms with Gasteiger partial charge in [-0.25, -0.2) is 10.2 Å². The number of para-hydroxylation sites is 1. The lowest BCUT2D eigenvalue weighted by atomic mass is 10.0. The molecule has 0 saturated carbocycles. The largest absolute Gasteiger partial charge is 0.507 e. The minimum absolute atomic E-state index is 0.0970. The SMILES string of the molecule is CCOc1ccc(C(=O)Oc2ccc3ccccc3c2/C=N/NC(=O)c2ccccc2O)cc1. The Morgan fingerprint density at radius 2 is 1.68 bits per heavy atom. The molecule has 0 aromatic heterocycles. The number of amides is 1. The summed E-state index contributed by atoms with van der Waals surface area (Å²) in [7, 11) is 0. The van der Waals surface area contributed by atoms with Gasteiger partial charge >= 0.3 is 5.97 Å². The van der Waals surface area contributed by atoms with Crippen molar-refractivity contribution in [3.05, 3.63) is 102 Å². The fourth-order valence-electron chi connectivity index (χ4n) is 3.39. The van der Waals surface area contributed by atoms with E-state index in [9.17, 15) is 14.7 Å². The molecule has 0 saturated heterocycles. The molecule has 4 aromatic carbocycles. The number of hydrogen-bond donors (Lipinski definition) is 2. The molecular formula is C27H22N2O5. The number of ether oxygens (including phenoxy) is 2. The van der Waals surface area contributed by atoms with Crippen molar-refractivity contribution in [3.8, 4) is 17.2 Å². The van der Waals surface area contributed by atoms with E-state index in [4.69, 9.17) is 9.47 Å². The number of phenolic OH excluding ortho intramolecular Hbond substituents is 1. The molecule has 7 heteroatoms. The first kappa shape index (κ1) is 22.5. The second kappa shape index (κ2) is 10.3. The summed E-state index contributed by atoms with van der Waals surface area (Å²) in [5, 5.41) is 15.6. The van der Waals surface area contributed by atoms with Crippen LogP contribution < -0.4 is 14.9 Å². The van der Waals surface area contributed by atoms with Gasteiger partial charge in [0.15, 0.2) is 0 Å². The first-order valence-corrected chi connectivity index (χ1v) is 10.6. The number of hydrogen-bond acceptors (Lipinski definition) is 6. The van der Waals surface area contributed by atoms with E-state index in [1.54, 1.807) is 42.5 Å². The third-order valence-corrected chi connectivity index (χ3v) is 5.04. The summed E-state index contributed by atoms with van der Waals surface area (Å²) in [6.07, 6.45) is 1.42. The Morgan fingerprint density at radius 1 is 0.941 bits per heavy atom. The van der Waals surface area contributed by atoms with E-state index in [0.717, 1.165) is 10.8 Å². The number of phenols is 1. The molecule has 4 aromatic rings. The van der Waals surface area contributed by atoms with Crippen molar-refractivity contribution in [2.45, 2.75) is 6.92 Å². The number of carbonyl (C=O) groups excluding carboxylic acids is 2. The fourth-order valence-corrected chi connectivity index (χ4v) is 3.39. The highest BCUT2D eigenvalue weighted by Gasteiger charge is 2.14. The van der Waals surface area contributed by atoms with Crippen LogP contribution in [-0.4, -0.2) is 29.8 Å². The minimum atomic E-state index is -0.567. The summed E-state index contributed by atoms with van der Waals surface area (Å²) >= 11 is 0. The molecule has 2 N–H and O–H groups in total. The van der Waals surface area contributed by atoms with Gasteiger partial charge in [0, 0.05) is 5.56 Å². The summed E-state index contributed by atoms with van der Waals surface area (Å²) in [5.74, 6) is -0.296. The van der Waals surface area contributed by atoms with Gasteiger partial charge in [-0.15, -0.1) is 0 Å². The van der Waals surface area contributed by atoms with Crippen molar-refractivity contribution in [2.75, 3.05) is 6.61 Å². The lowest BCUT2D eigenvalue weighted by Crippen LogP contribution is -2.18. The van der Waals surface area contributed by atoms with Crippen LogP contribution in [0.5, 0.6) is 17.2 Å². The zero-order valence-electron chi connectivity index (χ0n) is 18.4. The maximum Gasteiger partial charge on any atom is 0.343 e. The number of aromatic hydroxyl groups is 1. The van der Waals surface area contributed by atoms with Gasteiger partial charge in [0.05, 0.1) is 23.9 Å². The van der Waals surface area contributed by atoms with Crippen molar-refractivity contribution < 1.29 is 24.2 Å². The quantitative estimate of drug-likeness (QED) is 0.179. The molecule has 0 radical (unpaired) electrons. The standard InChI is InChI=1S/C27H22N2O5/c1-2-33-20-14-11-19(12-15-20)27(32)34-25-16-13-18-7-3-4-8-21(18)23(25)17-28-29-26(31)22-9-5-6-10-24(22)30/h3-17,30H,2H2,1H3,(H,29,31)/b28-17+. The zero-order chi connectivity index (χ0) is 23.9. The molecule has 7 nitrogen and oxygen atoms in total. The van der Waals surface area contributed by atoms with Crippen LogP contribution in [0, 0.1) is 0 Å². The van der Waals surface area contributed by atoms with E-state index < -0.39 is 11.9 Å². The number of nitrogens with one attached hydrogen (secondary N) is 1. The number of hydrazone groups is 1. The molecule has 0 spiro atoms. The molecule has 0 fully saturated rings. The van der Waals surface area contributed by atoms with E-state index in [1.165, 1.54) is 18.3 Å². The normalized spacial score (nSPS) is 10.9. The Bertz CT molecular complexity index is 1360. The Balaban J connectivity index is 1.60. The lowest BCUT2D eigenvalue weighted by molar-refractivity contribution is 0.0734. The predicted molar refractivity (Wildman–Crippen MR) is 130 cm³/mol. The maximum absolute atomic E-state index is 12.8. The Kier molecular flexibility index (Phi) is 6.84. The number of nitrogens with zero attached hydrogens (tertiary/aromatic N) is 1. The molecule has 34 heavy (non-hydrogen) atoms. The second-order valence-electron chi connectivity index (χ2n) is 7.26. The van der Waals surface area contributed by atoms with Crippen LogP contribution in [0.2, 0.25) is 0 Å².